The Balaban J connectivity index is 1.24. The highest BCUT2D eigenvalue weighted by atomic mass is 28.4. The van der Waals surface area contributed by atoms with Gasteiger partial charge in [-0.15, -0.1) is 5.10 Å². The summed E-state index contributed by atoms with van der Waals surface area (Å²) in [6.07, 6.45) is 0.827. The first-order valence-electron chi connectivity index (χ1n) is 16.4. The maximum atomic E-state index is 14.6. The number of para-hydroxylation sites is 1. The maximum absolute atomic E-state index is 14.6. The molecule has 252 valence electrons. The molecule has 3 heterocycles. The van der Waals surface area contributed by atoms with Crippen LogP contribution in [-0.2, 0) is 33.0 Å². The SMILES string of the molecule is C[C@H](O)C(=O)Nc1ccc(CN2C(=O)[C@]3(O[C@H](CCn4cc(C(CO)c5ccccc5)nn4)[C@@H]([Si](C)(C)O)[C@@H]3C)c3ccccc32)cc1. The van der Waals surface area contributed by atoms with Gasteiger partial charge in [-0.25, -0.2) is 0 Å². The fourth-order valence-corrected chi connectivity index (χ4v) is 10.1. The summed E-state index contributed by atoms with van der Waals surface area (Å²) in [5, 5.41) is 31.0. The van der Waals surface area contributed by atoms with Crippen LogP contribution in [0.2, 0.25) is 18.6 Å². The normalized spacial score (nSPS) is 23.4. The molecule has 2 amide bonds. The second-order valence-electron chi connectivity index (χ2n) is 13.5. The van der Waals surface area contributed by atoms with Crippen molar-refractivity contribution in [3.05, 3.63) is 107 Å². The van der Waals surface area contributed by atoms with Crippen molar-refractivity contribution in [2.45, 2.75) is 75.7 Å². The van der Waals surface area contributed by atoms with Crippen molar-refractivity contribution >= 4 is 31.5 Å². The van der Waals surface area contributed by atoms with Crippen LogP contribution in [0, 0.1) is 5.92 Å². The van der Waals surface area contributed by atoms with Crippen molar-refractivity contribution in [2.24, 2.45) is 5.92 Å². The number of aliphatic hydroxyl groups excluding tert-OH is 2. The van der Waals surface area contributed by atoms with Gasteiger partial charge >= 0.3 is 0 Å². The molecule has 1 aromatic heterocycles. The molecular weight excluding hydrogens is 627 g/mol. The minimum atomic E-state index is -2.85. The molecule has 0 aliphatic carbocycles. The van der Waals surface area contributed by atoms with Gasteiger partial charge in [-0.2, -0.15) is 0 Å². The number of carbonyl (C=O) groups is 2. The number of carbonyl (C=O) groups excluding carboxylic acids is 2. The van der Waals surface area contributed by atoms with E-state index in [1.807, 2.05) is 92.9 Å². The van der Waals surface area contributed by atoms with Crippen molar-refractivity contribution in [1.82, 2.24) is 15.0 Å². The number of aryl methyl sites for hydroxylation is 1. The number of aromatic nitrogens is 3. The number of anilines is 2. The molecule has 2 aliphatic rings. The summed E-state index contributed by atoms with van der Waals surface area (Å²) < 4.78 is 8.67. The molecule has 0 saturated carbocycles. The summed E-state index contributed by atoms with van der Waals surface area (Å²) in [5.41, 5.74) is 3.12. The third-order valence-electron chi connectivity index (χ3n) is 9.77. The van der Waals surface area contributed by atoms with E-state index in [1.54, 1.807) is 21.7 Å². The van der Waals surface area contributed by atoms with Crippen LogP contribution in [0.15, 0.2) is 85.1 Å². The molecular formula is C36H43N5O6Si. The summed E-state index contributed by atoms with van der Waals surface area (Å²) in [4.78, 5) is 39.9. The predicted octanol–water partition coefficient (Wildman–Crippen LogP) is 4.16. The number of rotatable bonds is 11. The minimum Gasteiger partial charge on any atom is -0.432 e. The van der Waals surface area contributed by atoms with Crippen molar-refractivity contribution < 1.29 is 29.3 Å². The Morgan fingerprint density at radius 1 is 1.06 bits per heavy atom. The lowest BCUT2D eigenvalue weighted by Gasteiger charge is -2.32. The molecule has 6 atom stereocenters. The van der Waals surface area contributed by atoms with E-state index in [0.717, 1.165) is 22.4 Å². The van der Waals surface area contributed by atoms with Crippen LogP contribution >= 0.6 is 0 Å². The second-order valence-corrected chi connectivity index (χ2v) is 17.4. The largest absolute Gasteiger partial charge is 0.432 e. The molecule has 2 aliphatic heterocycles. The van der Waals surface area contributed by atoms with Crippen molar-refractivity contribution in [1.29, 1.82) is 0 Å². The number of nitrogens with zero attached hydrogens (tertiary/aromatic N) is 4. The highest BCUT2D eigenvalue weighted by Gasteiger charge is 2.66. The van der Waals surface area contributed by atoms with Crippen molar-refractivity contribution in [3.63, 3.8) is 0 Å². The van der Waals surface area contributed by atoms with Crippen LogP contribution < -0.4 is 10.2 Å². The van der Waals surface area contributed by atoms with E-state index in [9.17, 15) is 24.6 Å². The predicted molar refractivity (Wildman–Crippen MR) is 184 cm³/mol. The number of amides is 2. The fourth-order valence-electron chi connectivity index (χ4n) is 7.48. The van der Waals surface area contributed by atoms with Crippen LogP contribution in [0.3, 0.4) is 0 Å². The summed E-state index contributed by atoms with van der Waals surface area (Å²) in [6, 6.07) is 24.6. The lowest BCUT2D eigenvalue weighted by atomic mass is 9.82. The number of benzene rings is 3. The molecule has 6 rings (SSSR count). The lowest BCUT2D eigenvalue weighted by Crippen LogP contribution is -2.46. The zero-order valence-corrected chi connectivity index (χ0v) is 28.7. The van der Waals surface area contributed by atoms with Gasteiger partial charge in [-0.05, 0) is 55.8 Å². The Morgan fingerprint density at radius 3 is 2.42 bits per heavy atom. The van der Waals surface area contributed by atoms with Gasteiger partial charge in [0.15, 0.2) is 13.9 Å². The second kappa shape index (κ2) is 13.4. The standard InChI is InChI=1S/C36H43N5O6Si/c1-23-33(48(3,4)46)32(18-19-40-21-30(38-39-40)28(22-42)26-10-6-5-7-11-26)47-36(23)29-12-8-9-13-31(29)41(35(36)45)20-25-14-16-27(17-15-25)37-34(44)24(2)43/h5-17,21,23-24,28,32-33,42-43,46H,18-20,22H2,1-4H3,(H,37,44)/t23-,24-,28?,32+,33-,36+/m0/s1. The van der Waals surface area contributed by atoms with E-state index < -0.39 is 32.0 Å². The van der Waals surface area contributed by atoms with Crippen molar-refractivity contribution in [3.8, 4) is 0 Å². The summed E-state index contributed by atoms with van der Waals surface area (Å²) in [7, 11) is -2.85. The highest BCUT2D eigenvalue weighted by molar-refractivity contribution is 6.71. The van der Waals surface area contributed by atoms with Gasteiger partial charge in [0.05, 0.1) is 36.6 Å². The molecule has 1 fully saturated rings. The summed E-state index contributed by atoms with van der Waals surface area (Å²) >= 11 is 0. The third kappa shape index (κ3) is 6.22. The van der Waals surface area contributed by atoms with Crippen molar-refractivity contribution in [2.75, 3.05) is 16.8 Å². The zero-order chi connectivity index (χ0) is 34.2. The van der Waals surface area contributed by atoms with E-state index in [-0.39, 0.29) is 29.9 Å². The number of fused-ring (bicyclic) bond motifs is 2. The van der Waals surface area contributed by atoms with Crippen LogP contribution in [0.1, 0.15) is 48.6 Å². The first-order chi connectivity index (χ1) is 22.9. The Hall–Kier alpha value is -4.20. The van der Waals surface area contributed by atoms with Crippen LogP contribution in [-0.4, -0.2) is 68.9 Å². The van der Waals surface area contributed by atoms with Crippen LogP contribution in [0.25, 0.3) is 0 Å². The molecule has 48 heavy (non-hydrogen) atoms. The van der Waals surface area contributed by atoms with Gasteiger partial charge in [0, 0.05) is 35.5 Å². The number of ether oxygens (including phenoxy) is 1. The van der Waals surface area contributed by atoms with Gasteiger partial charge in [0.2, 0.25) is 0 Å². The molecule has 4 N–H and O–H groups in total. The first-order valence-corrected chi connectivity index (χ1v) is 19.4. The Morgan fingerprint density at radius 2 is 1.75 bits per heavy atom. The maximum Gasteiger partial charge on any atom is 0.264 e. The zero-order valence-electron chi connectivity index (χ0n) is 27.7. The van der Waals surface area contributed by atoms with Crippen LogP contribution in [0.5, 0.6) is 0 Å². The van der Waals surface area contributed by atoms with Gasteiger partial charge in [-0.1, -0.05) is 72.8 Å². The molecule has 1 unspecified atom stereocenters. The van der Waals surface area contributed by atoms with Gasteiger partial charge < -0.3 is 30.0 Å². The molecule has 12 heteroatoms. The third-order valence-corrected chi connectivity index (χ3v) is 12.3. The number of hydrogen-bond acceptors (Lipinski definition) is 8. The monoisotopic (exact) mass is 669 g/mol. The van der Waals surface area contributed by atoms with E-state index in [2.05, 4.69) is 15.6 Å². The Kier molecular flexibility index (Phi) is 9.38. The molecule has 1 saturated heterocycles. The van der Waals surface area contributed by atoms with Gasteiger partial charge in [-0.3, -0.25) is 14.3 Å². The van der Waals surface area contributed by atoms with Gasteiger partial charge in [0.1, 0.15) is 6.10 Å². The number of aliphatic hydroxyl groups is 2. The lowest BCUT2D eigenvalue weighted by molar-refractivity contribution is -0.146. The smallest absolute Gasteiger partial charge is 0.264 e. The number of nitrogens with one attached hydrogen (secondary N) is 1. The number of hydrogen-bond donors (Lipinski definition) is 4. The summed E-state index contributed by atoms with van der Waals surface area (Å²) in [6.45, 7) is 7.90. The molecule has 3 aromatic carbocycles. The van der Waals surface area contributed by atoms with E-state index in [0.29, 0.717) is 30.9 Å². The van der Waals surface area contributed by atoms with E-state index in [1.165, 1.54) is 6.92 Å². The average Bonchev–Trinajstić information content (AvgIpc) is 3.72. The van der Waals surface area contributed by atoms with E-state index >= 15 is 0 Å². The Labute approximate surface area is 281 Å². The molecule has 4 aromatic rings. The molecule has 1 spiro atoms. The first kappa shape index (κ1) is 33.7. The molecule has 0 radical (unpaired) electrons. The Bertz CT molecular complexity index is 1760. The van der Waals surface area contributed by atoms with Gasteiger partial charge in [0.25, 0.3) is 11.8 Å². The molecule has 11 nitrogen and oxygen atoms in total. The highest BCUT2D eigenvalue weighted by Crippen LogP contribution is 2.59. The fraction of sp³-hybridized carbons (Fsp3) is 0.389. The van der Waals surface area contributed by atoms with E-state index in [4.69, 9.17) is 4.74 Å². The average molecular weight is 670 g/mol. The van der Waals surface area contributed by atoms with Crippen LogP contribution in [0.4, 0.5) is 11.4 Å². The summed E-state index contributed by atoms with van der Waals surface area (Å²) in [5.74, 6) is -1.24. The quantitative estimate of drug-likeness (QED) is 0.174. The minimum absolute atomic E-state index is 0.0947. The topological polar surface area (TPSA) is 150 Å². The molecule has 0 bridgehead atoms.